The maximum absolute atomic E-state index is 12.5. The number of nitrogens with one attached hydrogen (secondary N) is 1. The number of ether oxygens (including phenoxy) is 1. The monoisotopic (exact) mass is 445 g/mol. The van der Waals surface area contributed by atoms with Crippen LogP contribution in [0, 0.1) is 0 Å². The fourth-order valence-electron chi connectivity index (χ4n) is 2.68. The van der Waals surface area contributed by atoms with Crippen molar-refractivity contribution in [1.29, 1.82) is 0 Å². The molecule has 0 saturated heterocycles. The van der Waals surface area contributed by atoms with Gasteiger partial charge in [0.25, 0.3) is 0 Å². The van der Waals surface area contributed by atoms with Crippen molar-refractivity contribution in [2.75, 3.05) is 18.2 Å². The van der Waals surface area contributed by atoms with Crippen molar-refractivity contribution in [3.8, 4) is 16.5 Å². The van der Waals surface area contributed by atoms with Gasteiger partial charge in [0.2, 0.25) is 11.1 Å². The van der Waals surface area contributed by atoms with E-state index >= 15 is 0 Å². The third kappa shape index (κ3) is 4.31. The minimum atomic E-state index is -0.199. The molecule has 0 aliphatic heterocycles. The predicted molar refractivity (Wildman–Crippen MR) is 116 cm³/mol. The summed E-state index contributed by atoms with van der Waals surface area (Å²) in [5.74, 6) is 1.22. The summed E-state index contributed by atoms with van der Waals surface area (Å²) < 4.78 is 9.03. The van der Waals surface area contributed by atoms with Crippen LogP contribution in [0.2, 0.25) is 5.02 Å². The van der Waals surface area contributed by atoms with Crippen LogP contribution in [-0.2, 0) is 4.79 Å². The van der Waals surface area contributed by atoms with Gasteiger partial charge in [-0.05, 0) is 41.8 Å². The number of nitrogens with zero attached hydrogens (tertiary/aromatic N) is 4. The summed E-state index contributed by atoms with van der Waals surface area (Å²) in [5.41, 5.74) is 0.525. The second kappa shape index (κ2) is 8.73. The van der Waals surface area contributed by atoms with E-state index in [1.54, 1.807) is 36.6 Å². The molecule has 3 aromatic heterocycles. The van der Waals surface area contributed by atoms with Crippen LogP contribution < -0.4 is 10.1 Å². The van der Waals surface area contributed by atoms with E-state index in [2.05, 4.69) is 15.5 Å². The van der Waals surface area contributed by atoms with Crippen molar-refractivity contribution in [3.63, 3.8) is 0 Å². The normalized spacial score (nSPS) is 10.8. The largest absolute Gasteiger partial charge is 0.495 e. The molecule has 0 aliphatic carbocycles. The molecule has 4 aromatic rings. The van der Waals surface area contributed by atoms with Crippen LogP contribution in [-0.4, -0.2) is 38.3 Å². The Morgan fingerprint density at radius 3 is 2.79 bits per heavy atom. The first-order valence-electron chi connectivity index (χ1n) is 8.55. The minimum Gasteiger partial charge on any atom is -0.495 e. The summed E-state index contributed by atoms with van der Waals surface area (Å²) in [7, 11) is 1.54. The molecule has 0 fully saturated rings. The molecule has 0 bridgehead atoms. The molecule has 1 aromatic carbocycles. The number of aromatic nitrogens is 4. The molecule has 0 saturated carbocycles. The van der Waals surface area contributed by atoms with Crippen LogP contribution in [0.3, 0.4) is 0 Å². The molecule has 7 nitrogen and oxygen atoms in total. The number of methoxy groups -OCH3 is 1. The van der Waals surface area contributed by atoms with Gasteiger partial charge in [0.1, 0.15) is 5.75 Å². The molecule has 0 aliphatic rings. The van der Waals surface area contributed by atoms with Crippen molar-refractivity contribution < 1.29 is 9.53 Å². The van der Waals surface area contributed by atoms with E-state index in [4.69, 9.17) is 16.3 Å². The van der Waals surface area contributed by atoms with E-state index in [1.807, 2.05) is 51.4 Å². The Morgan fingerprint density at radius 2 is 2.07 bits per heavy atom. The van der Waals surface area contributed by atoms with Gasteiger partial charge < -0.3 is 10.1 Å². The first-order valence-corrected chi connectivity index (χ1v) is 10.8. The summed E-state index contributed by atoms with van der Waals surface area (Å²) in [6, 6.07) is 12.9. The van der Waals surface area contributed by atoms with Gasteiger partial charge in [0, 0.05) is 17.4 Å². The summed E-state index contributed by atoms with van der Waals surface area (Å²) in [5, 5.41) is 14.6. The SMILES string of the molecule is COc1ccc(Cl)cc1NC(=O)CSc1nnc(-c2cccs2)n1-n1cccc1. The fraction of sp³-hybridized carbons (Fsp3) is 0.105. The molecule has 29 heavy (non-hydrogen) atoms. The highest BCUT2D eigenvalue weighted by atomic mass is 35.5. The fourth-order valence-corrected chi connectivity index (χ4v) is 4.28. The number of carbonyl (C=O) groups is 1. The molecule has 4 rings (SSSR count). The minimum absolute atomic E-state index is 0.152. The number of thioether (sulfide) groups is 1. The van der Waals surface area contributed by atoms with Gasteiger partial charge in [-0.3, -0.25) is 9.47 Å². The molecular formula is C19H16ClN5O2S2. The number of hydrogen-bond acceptors (Lipinski definition) is 6. The maximum Gasteiger partial charge on any atom is 0.234 e. The Hall–Kier alpha value is -2.75. The first-order chi connectivity index (χ1) is 14.2. The second-order valence-corrected chi connectivity index (χ2v) is 8.17. The lowest BCUT2D eigenvalue weighted by molar-refractivity contribution is -0.113. The molecule has 0 atom stereocenters. The van der Waals surface area contributed by atoms with Crippen LogP contribution in [0.4, 0.5) is 5.69 Å². The molecule has 10 heteroatoms. The molecule has 3 heterocycles. The number of carbonyl (C=O) groups excluding carboxylic acids is 1. The summed E-state index contributed by atoms with van der Waals surface area (Å²) in [4.78, 5) is 13.5. The number of halogens is 1. The highest BCUT2D eigenvalue weighted by Gasteiger charge is 2.18. The zero-order valence-corrected chi connectivity index (χ0v) is 17.7. The molecule has 0 spiro atoms. The quantitative estimate of drug-likeness (QED) is 0.423. The van der Waals surface area contributed by atoms with Crippen LogP contribution in [0.5, 0.6) is 5.75 Å². The van der Waals surface area contributed by atoms with Gasteiger partial charge >= 0.3 is 0 Å². The Morgan fingerprint density at radius 1 is 1.24 bits per heavy atom. The van der Waals surface area contributed by atoms with Gasteiger partial charge in [-0.15, -0.1) is 21.5 Å². The van der Waals surface area contributed by atoms with E-state index in [-0.39, 0.29) is 11.7 Å². The third-order valence-corrected chi connectivity index (χ3v) is 5.96. The van der Waals surface area contributed by atoms with Crippen LogP contribution in [0.15, 0.2) is 65.4 Å². The number of hydrogen-bond donors (Lipinski definition) is 1. The molecule has 1 N–H and O–H groups in total. The summed E-state index contributed by atoms with van der Waals surface area (Å²) in [6.07, 6.45) is 3.81. The highest BCUT2D eigenvalue weighted by Crippen LogP contribution is 2.29. The second-order valence-electron chi connectivity index (χ2n) is 5.84. The number of thiophene rings is 1. The van der Waals surface area contributed by atoms with Gasteiger partial charge in [-0.1, -0.05) is 29.4 Å². The van der Waals surface area contributed by atoms with E-state index in [0.717, 1.165) is 10.7 Å². The molecule has 0 unspecified atom stereocenters. The zero-order chi connectivity index (χ0) is 20.2. The average Bonchev–Trinajstić information content (AvgIpc) is 3.47. The van der Waals surface area contributed by atoms with Crippen LogP contribution >= 0.6 is 34.7 Å². The van der Waals surface area contributed by atoms with Crippen molar-refractivity contribution in [3.05, 3.63) is 65.3 Å². The Labute approximate surface area is 180 Å². The maximum atomic E-state index is 12.5. The standard InChI is InChI=1S/C19H16ClN5O2S2/c1-27-15-7-6-13(20)11-14(15)21-17(26)12-29-19-23-22-18(16-5-4-10-28-16)25(19)24-8-2-3-9-24/h2-11H,12H2,1H3,(H,21,26). The van der Waals surface area contributed by atoms with Crippen LogP contribution in [0.1, 0.15) is 0 Å². The van der Waals surface area contributed by atoms with E-state index in [1.165, 1.54) is 11.8 Å². The van der Waals surface area contributed by atoms with Gasteiger partial charge in [-0.2, -0.15) is 0 Å². The lowest BCUT2D eigenvalue weighted by atomic mass is 10.3. The molecule has 0 radical (unpaired) electrons. The zero-order valence-electron chi connectivity index (χ0n) is 15.3. The van der Waals surface area contributed by atoms with E-state index in [0.29, 0.717) is 21.6 Å². The van der Waals surface area contributed by atoms with E-state index in [9.17, 15) is 4.79 Å². The molecule has 148 valence electrons. The van der Waals surface area contributed by atoms with Crippen molar-refractivity contribution in [2.24, 2.45) is 0 Å². The Bertz CT molecular complexity index is 1110. The Balaban J connectivity index is 1.53. The summed E-state index contributed by atoms with van der Waals surface area (Å²) in [6.45, 7) is 0. The lowest BCUT2D eigenvalue weighted by Gasteiger charge is -2.12. The lowest BCUT2D eigenvalue weighted by Crippen LogP contribution is -2.16. The molecular weight excluding hydrogens is 430 g/mol. The smallest absolute Gasteiger partial charge is 0.234 e. The van der Waals surface area contributed by atoms with Gasteiger partial charge in [0.05, 0.1) is 23.4 Å². The van der Waals surface area contributed by atoms with Gasteiger partial charge in [0.15, 0.2) is 5.82 Å². The number of amides is 1. The van der Waals surface area contributed by atoms with Crippen LogP contribution in [0.25, 0.3) is 10.7 Å². The average molecular weight is 446 g/mol. The van der Waals surface area contributed by atoms with Gasteiger partial charge in [-0.25, -0.2) is 4.68 Å². The third-order valence-electron chi connectivity index (χ3n) is 3.94. The predicted octanol–water partition coefficient (Wildman–Crippen LogP) is 4.51. The molecule has 1 amide bonds. The first kappa shape index (κ1) is 19.6. The number of rotatable bonds is 7. The van der Waals surface area contributed by atoms with Crippen molar-refractivity contribution >= 4 is 46.3 Å². The number of anilines is 1. The van der Waals surface area contributed by atoms with Crippen molar-refractivity contribution in [1.82, 2.24) is 19.5 Å². The van der Waals surface area contributed by atoms with E-state index < -0.39 is 0 Å². The summed E-state index contributed by atoms with van der Waals surface area (Å²) >= 11 is 8.90. The Kier molecular flexibility index (Phi) is 5.89. The topological polar surface area (TPSA) is 74.0 Å². The highest BCUT2D eigenvalue weighted by molar-refractivity contribution is 7.99. The number of benzene rings is 1. The van der Waals surface area contributed by atoms with Crippen molar-refractivity contribution in [2.45, 2.75) is 5.16 Å².